The fourth-order valence-corrected chi connectivity index (χ4v) is 2.11. The number of nitrogens with zero attached hydrogens (tertiary/aromatic N) is 2. The van der Waals surface area contributed by atoms with Gasteiger partial charge in [0, 0.05) is 30.6 Å². The first-order chi connectivity index (χ1) is 8.95. The highest BCUT2D eigenvalue weighted by molar-refractivity contribution is 14.0. The van der Waals surface area contributed by atoms with Crippen LogP contribution in [0.25, 0.3) is 0 Å². The van der Waals surface area contributed by atoms with Crippen molar-refractivity contribution in [2.24, 2.45) is 4.99 Å². The van der Waals surface area contributed by atoms with Gasteiger partial charge in [-0.3, -0.25) is 4.99 Å². The standard InChI is InChI=1S/C14H26N4O.HI/c1-7-15-14(17-9(2)3)16-8-10(4)13-11(5)18-19-12(13)6;/h9-10H,7-8H2,1-6H3,(H2,15,16,17);1H. The van der Waals surface area contributed by atoms with Crippen LogP contribution in [0.5, 0.6) is 0 Å². The summed E-state index contributed by atoms with van der Waals surface area (Å²) in [6.45, 7) is 13.9. The van der Waals surface area contributed by atoms with Gasteiger partial charge in [-0.15, -0.1) is 24.0 Å². The van der Waals surface area contributed by atoms with E-state index in [1.807, 2.05) is 13.8 Å². The molecule has 0 saturated heterocycles. The molecule has 0 aliphatic carbocycles. The van der Waals surface area contributed by atoms with Crippen molar-refractivity contribution in [1.29, 1.82) is 0 Å². The second kappa shape index (κ2) is 9.20. The number of aromatic nitrogens is 1. The van der Waals surface area contributed by atoms with Gasteiger partial charge in [0.2, 0.25) is 0 Å². The Balaban J connectivity index is 0.00000361. The number of rotatable bonds is 5. The zero-order chi connectivity index (χ0) is 14.4. The molecule has 0 amide bonds. The maximum Gasteiger partial charge on any atom is 0.191 e. The van der Waals surface area contributed by atoms with Crippen LogP contribution in [0.3, 0.4) is 0 Å². The summed E-state index contributed by atoms with van der Waals surface area (Å²) in [5.41, 5.74) is 2.13. The number of hydrogen-bond acceptors (Lipinski definition) is 3. The summed E-state index contributed by atoms with van der Waals surface area (Å²) in [5.74, 6) is 2.05. The third-order valence-corrected chi connectivity index (χ3v) is 2.87. The molecule has 1 heterocycles. The molecule has 1 atom stereocenters. The van der Waals surface area contributed by atoms with Crippen LogP contribution in [0.4, 0.5) is 0 Å². The molecule has 1 aromatic heterocycles. The molecule has 0 saturated carbocycles. The number of halogens is 1. The van der Waals surface area contributed by atoms with Gasteiger partial charge < -0.3 is 15.2 Å². The predicted molar refractivity (Wildman–Crippen MR) is 94.1 cm³/mol. The Morgan fingerprint density at radius 2 is 1.95 bits per heavy atom. The number of guanidine groups is 1. The van der Waals surface area contributed by atoms with Gasteiger partial charge >= 0.3 is 0 Å². The second-order valence-electron chi connectivity index (χ2n) is 5.16. The zero-order valence-corrected chi connectivity index (χ0v) is 15.6. The summed E-state index contributed by atoms with van der Waals surface area (Å²) in [7, 11) is 0. The van der Waals surface area contributed by atoms with E-state index in [0.29, 0.717) is 18.5 Å². The van der Waals surface area contributed by atoms with Crippen molar-refractivity contribution in [3.8, 4) is 0 Å². The summed E-state index contributed by atoms with van der Waals surface area (Å²) in [4.78, 5) is 4.62. The molecule has 20 heavy (non-hydrogen) atoms. The second-order valence-corrected chi connectivity index (χ2v) is 5.16. The van der Waals surface area contributed by atoms with E-state index in [9.17, 15) is 0 Å². The van der Waals surface area contributed by atoms with Gasteiger partial charge in [-0.05, 0) is 34.6 Å². The summed E-state index contributed by atoms with van der Waals surface area (Å²) in [5, 5.41) is 10.5. The first-order valence-corrected chi connectivity index (χ1v) is 6.93. The minimum absolute atomic E-state index is 0. The maximum atomic E-state index is 5.21. The molecule has 1 rings (SSSR count). The van der Waals surface area contributed by atoms with E-state index in [-0.39, 0.29) is 24.0 Å². The smallest absolute Gasteiger partial charge is 0.191 e. The predicted octanol–water partition coefficient (Wildman–Crippen LogP) is 2.98. The lowest BCUT2D eigenvalue weighted by molar-refractivity contribution is 0.391. The summed E-state index contributed by atoms with van der Waals surface area (Å²) >= 11 is 0. The van der Waals surface area contributed by atoms with Crippen molar-refractivity contribution in [2.75, 3.05) is 13.1 Å². The Morgan fingerprint density at radius 3 is 2.40 bits per heavy atom. The first-order valence-electron chi connectivity index (χ1n) is 6.93. The zero-order valence-electron chi connectivity index (χ0n) is 13.3. The maximum absolute atomic E-state index is 5.21. The molecule has 2 N–H and O–H groups in total. The van der Waals surface area contributed by atoms with E-state index in [1.54, 1.807) is 0 Å². The summed E-state index contributed by atoms with van der Waals surface area (Å²) in [6, 6.07) is 0.368. The fourth-order valence-electron chi connectivity index (χ4n) is 2.11. The van der Waals surface area contributed by atoms with E-state index in [4.69, 9.17) is 4.52 Å². The lowest BCUT2D eigenvalue weighted by Gasteiger charge is -2.15. The van der Waals surface area contributed by atoms with Crippen molar-refractivity contribution in [2.45, 2.75) is 53.5 Å². The first kappa shape index (κ1) is 19.2. The van der Waals surface area contributed by atoms with Gasteiger partial charge in [0.1, 0.15) is 5.76 Å². The molecule has 0 aliphatic rings. The van der Waals surface area contributed by atoms with Gasteiger partial charge in [0.25, 0.3) is 0 Å². The minimum atomic E-state index is 0. The third kappa shape index (κ3) is 5.68. The Kier molecular flexibility index (Phi) is 8.84. The molecule has 0 spiro atoms. The topological polar surface area (TPSA) is 62.5 Å². The lowest BCUT2D eigenvalue weighted by atomic mass is 10.00. The van der Waals surface area contributed by atoms with Gasteiger partial charge in [-0.25, -0.2) is 0 Å². The number of hydrogen-bond donors (Lipinski definition) is 2. The molecule has 0 radical (unpaired) electrons. The molecule has 116 valence electrons. The van der Waals surface area contributed by atoms with E-state index in [2.05, 4.69) is 48.5 Å². The largest absolute Gasteiger partial charge is 0.361 e. The molecule has 0 fully saturated rings. The lowest BCUT2D eigenvalue weighted by Crippen LogP contribution is -2.41. The van der Waals surface area contributed by atoms with E-state index >= 15 is 0 Å². The SMILES string of the molecule is CCNC(=NCC(C)c1c(C)noc1C)NC(C)C.I. The van der Waals surface area contributed by atoms with Crippen molar-refractivity contribution in [3.05, 3.63) is 17.0 Å². The highest BCUT2D eigenvalue weighted by atomic mass is 127. The number of aliphatic imine (C=N–C) groups is 1. The van der Waals surface area contributed by atoms with E-state index in [0.717, 1.165) is 24.0 Å². The number of aryl methyl sites for hydroxylation is 2. The van der Waals surface area contributed by atoms with Gasteiger partial charge in [-0.2, -0.15) is 0 Å². The molecule has 0 aromatic carbocycles. The molecule has 5 nitrogen and oxygen atoms in total. The normalized spacial score (nSPS) is 13.1. The Labute approximate surface area is 139 Å². The fraction of sp³-hybridized carbons (Fsp3) is 0.714. The van der Waals surface area contributed by atoms with Crippen LogP contribution in [-0.2, 0) is 0 Å². The van der Waals surface area contributed by atoms with Crippen LogP contribution < -0.4 is 10.6 Å². The summed E-state index contributed by atoms with van der Waals surface area (Å²) < 4.78 is 5.21. The van der Waals surface area contributed by atoms with E-state index in [1.165, 1.54) is 5.56 Å². The van der Waals surface area contributed by atoms with Crippen molar-refractivity contribution < 1.29 is 4.52 Å². The van der Waals surface area contributed by atoms with Crippen LogP contribution in [0, 0.1) is 13.8 Å². The van der Waals surface area contributed by atoms with Crippen LogP contribution in [0.2, 0.25) is 0 Å². The van der Waals surface area contributed by atoms with Crippen molar-refractivity contribution in [3.63, 3.8) is 0 Å². The number of nitrogens with one attached hydrogen (secondary N) is 2. The van der Waals surface area contributed by atoms with Crippen LogP contribution >= 0.6 is 24.0 Å². The Bertz CT molecular complexity index is 409. The van der Waals surface area contributed by atoms with Crippen LogP contribution in [0.1, 0.15) is 50.6 Å². The molecule has 0 aliphatic heterocycles. The molecule has 6 heteroatoms. The monoisotopic (exact) mass is 394 g/mol. The minimum Gasteiger partial charge on any atom is -0.361 e. The average molecular weight is 394 g/mol. The highest BCUT2D eigenvalue weighted by Gasteiger charge is 2.16. The van der Waals surface area contributed by atoms with Gasteiger partial charge in [0.15, 0.2) is 5.96 Å². The average Bonchev–Trinajstić information content (AvgIpc) is 2.65. The van der Waals surface area contributed by atoms with Crippen molar-refractivity contribution >= 4 is 29.9 Å². The van der Waals surface area contributed by atoms with Crippen LogP contribution in [-0.4, -0.2) is 30.2 Å². The third-order valence-electron chi connectivity index (χ3n) is 2.87. The van der Waals surface area contributed by atoms with Crippen molar-refractivity contribution in [1.82, 2.24) is 15.8 Å². The van der Waals surface area contributed by atoms with E-state index < -0.39 is 0 Å². The molecule has 1 unspecified atom stereocenters. The molecule has 0 bridgehead atoms. The highest BCUT2D eigenvalue weighted by Crippen LogP contribution is 2.23. The molecular weight excluding hydrogens is 367 g/mol. The van der Waals surface area contributed by atoms with Gasteiger partial charge in [-0.1, -0.05) is 12.1 Å². The summed E-state index contributed by atoms with van der Waals surface area (Å²) in [6.07, 6.45) is 0. The van der Waals surface area contributed by atoms with Crippen LogP contribution in [0.15, 0.2) is 9.52 Å². The quantitative estimate of drug-likeness (QED) is 0.458. The van der Waals surface area contributed by atoms with Gasteiger partial charge in [0.05, 0.1) is 5.69 Å². The Hall–Kier alpha value is -0.790. The Morgan fingerprint density at radius 1 is 1.30 bits per heavy atom. The molecule has 1 aromatic rings. The molecular formula is C14H27IN4O.